The summed E-state index contributed by atoms with van der Waals surface area (Å²) in [5.41, 5.74) is 1.01. The molecule has 1 atom stereocenters. The zero-order chi connectivity index (χ0) is 12.8. The van der Waals surface area contributed by atoms with Crippen LogP contribution in [0, 0.1) is 5.92 Å². The molecule has 3 nitrogen and oxygen atoms in total. The van der Waals surface area contributed by atoms with Gasteiger partial charge in [-0.05, 0) is 37.0 Å². The molecule has 1 N–H and O–H groups in total. The van der Waals surface area contributed by atoms with Crippen molar-refractivity contribution >= 4 is 0 Å². The van der Waals surface area contributed by atoms with E-state index in [4.69, 9.17) is 9.47 Å². The summed E-state index contributed by atoms with van der Waals surface area (Å²) in [5, 5.41) is 9.47. The number of phenols is 1. The molecule has 17 heavy (non-hydrogen) atoms. The van der Waals surface area contributed by atoms with Crippen LogP contribution in [0.2, 0.25) is 0 Å². The van der Waals surface area contributed by atoms with E-state index < -0.39 is 0 Å². The minimum absolute atomic E-state index is 0.159. The van der Waals surface area contributed by atoms with Crippen LogP contribution in [0.1, 0.15) is 32.8 Å². The highest BCUT2D eigenvalue weighted by Gasteiger charge is 2.07. The van der Waals surface area contributed by atoms with Crippen LogP contribution >= 0.6 is 0 Å². The van der Waals surface area contributed by atoms with Gasteiger partial charge in [0.1, 0.15) is 0 Å². The van der Waals surface area contributed by atoms with Crippen LogP contribution in [-0.4, -0.2) is 18.3 Å². The second-order valence-corrected chi connectivity index (χ2v) is 4.76. The average molecular weight is 238 g/mol. The molecule has 0 radical (unpaired) electrons. The quantitative estimate of drug-likeness (QED) is 0.826. The standard InChI is InChI=1S/C14H22O3/c1-10(2)7-11(3)17-9-12-5-6-13(15)14(8-12)16-4/h5-6,8,10-11,15H,7,9H2,1-4H3. The molecule has 3 heteroatoms. The fraction of sp³-hybridized carbons (Fsp3) is 0.571. The summed E-state index contributed by atoms with van der Waals surface area (Å²) in [6.45, 7) is 7.00. The van der Waals surface area contributed by atoms with Gasteiger partial charge in [-0.3, -0.25) is 0 Å². The molecule has 0 bridgehead atoms. The van der Waals surface area contributed by atoms with Gasteiger partial charge in [-0.25, -0.2) is 0 Å². The molecule has 0 aliphatic heterocycles. The highest BCUT2D eigenvalue weighted by molar-refractivity contribution is 5.41. The number of rotatable bonds is 6. The number of hydrogen-bond acceptors (Lipinski definition) is 3. The van der Waals surface area contributed by atoms with E-state index in [0.29, 0.717) is 18.3 Å². The van der Waals surface area contributed by atoms with Crippen molar-refractivity contribution in [2.75, 3.05) is 7.11 Å². The third kappa shape index (κ3) is 4.65. The zero-order valence-corrected chi connectivity index (χ0v) is 11.1. The lowest BCUT2D eigenvalue weighted by Crippen LogP contribution is -2.11. The molecule has 0 aliphatic carbocycles. The van der Waals surface area contributed by atoms with Gasteiger partial charge in [0.15, 0.2) is 11.5 Å². The smallest absolute Gasteiger partial charge is 0.160 e. The van der Waals surface area contributed by atoms with Crippen molar-refractivity contribution in [1.29, 1.82) is 0 Å². The molecule has 0 fully saturated rings. The van der Waals surface area contributed by atoms with Crippen molar-refractivity contribution in [1.82, 2.24) is 0 Å². The first-order chi connectivity index (χ1) is 8.02. The Kier molecular flexibility index (Phi) is 5.29. The monoisotopic (exact) mass is 238 g/mol. The minimum atomic E-state index is 0.159. The van der Waals surface area contributed by atoms with E-state index in [-0.39, 0.29) is 11.9 Å². The van der Waals surface area contributed by atoms with Gasteiger partial charge in [-0.15, -0.1) is 0 Å². The van der Waals surface area contributed by atoms with Crippen molar-refractivity contribution in [3.05, 3.63) is 23.8 Å². The number of hydrogen-bond donors (Lipinski definition) is 1. The lowest BCUT2D eigenvalue weighted by atomic mass is 10.1. The molecular weight excluding hydrogens is 216 g/mol. The average Bonchev–Trinajstić information content (AvgIpc) is 2.27. The van der Waals surface area contributed by atoms with E-state index in [2.05, 4.69) is 20.8 Å². The summed E-state index contributed by atoms with van der Waals surface area (Å²) in [6.07, 6.45) is 1.30. The molecule has 0 heterocycles. The zero-order valence-electron chi connectivity index (χ0n) is 11.1. The van der Waals surface area contributed by atoms with Crippen LogP contribution in [0.4, 0.5) is 0 Å². The van der Waals surface area contributed by atoms with Crippen LogP contribution in [0.5, 0.6) is 11.5 Å². The normalized spacial score (nSPS) is 12.8. The number of ether oxygens (including phenoxy) is 2. The number of aromatic hydroxyl groups is 1. The summed E-state index contributed by atoms with van der Waals surface area (Å²) in [7, 11) is 1.54. The third-order valence-electron chi connectivity index (χ3n) is 2.58. The van der Waals surface area contributed by atoms with Crippen molar-refractivity contribution in [2.24, 2.45) is 5.92 Å². The SMILES string of the molecule is COc1cc(COC(C)CC(C)C)ccc1O. The number of benzene rings is 1. The lowest BCUT2D eigenvalue weighted by Gasteiger charge is -2.15. The summed E-state index contributed by atoms with van der Waals surface area (Å²) in [6, 6.07) is 5.28. The van der Waals surface area contributed by atoms with Gasteiger partial charge < -0.3 is 14.6 Å². The van der Waals surface area contributed by atoms with Crippen molar-refractivity contribution in [3.8, 4) is 11.5 Å². The van der Waals surface area contributed by atoms with Gasteiger partial charge in [0.2, 0.25) is 0 Å². The van der Waals surface area contributed by atoms with E-state index >= 15 is 0 Å². The number of methoxy groups -OCH3 is 1. The fourth-order valence-corrected chi connectivity index (χ4v) is 1.78. The van der Waals surface area contributed by atoms with E-state index in [9.17, 15) is 5.11 Å². The summed E-state index contributed by atoms with van der Waals surface area (Å²) in [4.78, 5) is 0. The van der Waals surface area contributed by atoms with E-state index in [1.165, 1.54) is 0 Å². The first kappa shape index (κ1) is 13.8. The Labute approximate surface area is 103 Å². The molecule has 1 unspecified atom stereocenters. The molecule has 0 spiro atoms. The second kappa shape index (κ2) is 6.50. The van der Waals surface area contributed by atoms with Crippen LogP contribution in [-0.2, 0) is 11.3 Å². The van der Waals surface area contributed by atoms with Crippen LogP contribution < -0.4 is 4.74 Å². The largest absolute Gasteiger partial charge is 0.504 e. The summed E-state index contributed by atoms with van der Waals surface area (Å²) >= 11 is 0. The molecule has 0 amide bonds. The van der Waals surface area contributed by atoms with E-state index in [1.54, 1.807) is 19.2 Å². The van der Waals surface area contributed by atoms with Gasteiger partial charge in [-0.1, -0.05) is 19.9 Å². The second-order valence-electron chi connectivity index (χ2n) is 4.76. The lowest BCUT2D eigenvalue weighted by molar-refractivity contribution is 0.0396. The fourth-order valence-electron chi connectivity index (χ4n) is 1.78. The molecule has 1 aromatic carbocycles. The van der Waals surface area contributed by atoms with Crippen LogP contribution in [0.25, 0.3) is 0 Å². The van der Waals surface area contributed by atoms with Gasteiger partial charge in [0, 0.05) is 0 Å². The predicted octanol–water partition coefficient (Wildman–Crippen LogP) is 3.35. The first-order valence-electron chi connectivity index (χ1n) is 6.00. The molecular formula is C14H22O3. The van der Waals surface area contributed by atoms with Crippen molar-refractivity contribution in [2.45, 2.75) is 39.9 Å². The van der Waals surface area contributed by atoms with Crippen molar-refractivity contribution in [3.63, 3.8) is 0 Å². The van der Waals surface area contributed by atoms with Gasteiger partial charge in [0.05, 0.1) is 19.8 Å². The Balaban J connectivity index is 2.52. The molecule has 96 valence electrons. The Morgan fingerprint density at radius 3 is 2.53 bits per heavy atom. The Bertz CT molecular complexity index is 347. The molecule has 0 saturated heterocycles. The van der Waals surface area contributed by atoms with E-state index in [1.807, 2.05) is 6.07 Å². The van der Waals surface area contributed by atoms with Crippen LogP contribution in [0.3, 0.4) is 0 Å². The van der Waals surface area contributed by atoms with Gasteiger partial charge >= 0.3 is 0 Å². The Morgan fingerprint density at radius 2 is 1.94 bits per heavy atom. The topological polar surface area (TPSA) is 38.7 Å². The molecule has 0 aromatic heterocycles. The highest BCUT2D eigenvalue weighted by atomic mass is 16.5. The maximum absolute atomic E-state index is 9.47. The predicted molar refractivity (Wildman–Crippen MR) is 68.4 cm³/mol. The molecule has 1 aromatic rings. The molecule has 0 saturated carbocycles. The van der Waals surface area contributed by atoms with Crippen molar-refractivity contribution < 1.29 is 14.6 Å². The Hall–Kier alpha value is -1.22. The van der Waals surface area contributed by atoms with Gasteiger partial charge in [0.25, 0.3) is 0 Å². The summed E-state index contributed by atoms with van der Waals surface area (Å²) in [5.74, 6) is 1.29. The van der Waals surface area contributed by atoms with Crippen LogP contribution in [0.15, 0.2) is 18.2 Å². The third-order valence-corrected chi connectivity index (χ3v) is 2.58. The maximum Gasteiger partial charge on any atom is 0.160 e. The molecule has 0 aliphatic rings. The maximum atomic E-state index is 9.47. The van der Waals surface area contributed by atoms with Gasteiger partial charge in [-0.2, -0.15) is 0 Å². The summed E-state index contributed by atoms with van der Waals surface area (Å²) < 4.78 is 10.8. The Morgan fingerprint density at radius 1 is 1.24 bits per heavy atom. The highest BCUT2D eigenvalue weighted by Crippen LogP contribution is 2.26. The van der Waals surface area contributed by atoms with E-state index in [0.717, 1.165) is 12.0 Å². The minimum Gasteiger partial charge on any atom is -0.504 e. The number of phenolic OH excluding ortho intramolecular Hbond substituents is 1. The molecule has 1 rings (SSSR count). The first-order valence-corrected chi connectivity index (χ1v) is 6.00.